The highest BCUT2D eigenvalue weighted by Crippen LogP contribution is 2.17. The number of hydrogen-bond donors (Lipinski definition) is 2. The molecule has 0 amide bonds. The zero-order chi connectivity index (χ0) is 12.1. The summed E-state index contributed by atoms with van der Waals surface area (Å²) in [6.45, 7) is 3.88. The van der Waals surface area contributed by atoms with Gasteiger partial charge in [0.05, 0.1) is 11.7 Å². The van der Waals surface area contributed by atoms with Gasteiger partial charge in [0.2, 0.25) is 0 Å². The first-order valence-electron chi connectivity index (χ1n) is 5.18. The summed E-state index contributed by atoms with van der Waals surface area (Å²) in [7, 11) is 1.63. The third kappa shape index (κ3) is 2.97. The summed E-state index contributed by atoms with van der Waals surface area (Å²) in [5, 5.41) is 12.1. The van der Waals surface area contributed by atoms with E-state index in [9.17, 15) is 4.79 Å². The fraction of sp³-hybridized carbons (Fsp3) is 0.417. The van der Waals surface area contributed by atoms with Gasteiger partial charge in [-0.05, 0) is 26.0 Å². The van der Waals surface area contributed by atoms with E-state index in [-0.39, 0.29) is 17.7 Å². The Morgan fingerprint density at radius 1 is 1.38 bits per heavy atom. The molecule has 0 saturated heterocycles. The second-order valence-corrected chi connectivity index (χ2v) is 3.72. The second-order valence-electron chi connectivity index (χ2n) is 3.72. The van der Waals surface area contributed by atoms with Crippen molar-refractivity contribution in [1.82, 2.24) is 0 Å². The minimum atomic E-state index is -0.930. The summed E-state index contributed by atoms with van der Waals surface area (Å²) >= 11 is 0. The van der Waals surface area contributed by atoms with Crippen LogP contribution in [0.1, 0.15) is 24.2 Å². The number of anilines is 1. The van der Waals surface area contributed by atoms with E-state index in [4.69, 9.17) is 9.84 Å². The fourth-order valence-corrected chi connectivity index (χ4v) is 1.36. The van der Waals surface area contributed by atoms with Crippen LogP contribution in [0.3, 0.4) is 0 Å². The number of rotatable bonds is 5. The molecule has 1 aromatic carbocycles. The molecule has 0 aliphatic heterocycles. The summed E-state index contributed by atoms with van der Waals surface area (Å²) < 4.78 is 5.17. The van der Waals surface area contributed by atoms with Gasteiger partial charge in [0.15, 0.2) is 0 Å². The fourth-order valence-electron chi connectivity index (χ4n) is 1.36. The van der Waals surface area contributed by atoms with Crippen LogP contribution in [0.15, 0.2) is 24.3 Å². The molecular formula is C12H17NO3. The molecule has 2 atom stereocenters. The highest BCUT2D eigenvalue weighted by Gasteiger charge is 2.14. The maximum absolute atomic E-state index is 11.0. The predicted octanol–water partition coefficient (Wildman–Crippen LogP) is 2.22. The van der Waals surface area contributed by atoms with Crippen LogP contribution < -0.4 is 5.32 Å². The van der Waals surface area contributed by atoms with Crippen LogP contribution in [0.25, 0.3) is 0 Å². The Balaban J connectivity index is 2.84. The zero-order valence-corrected chi connectivity index (χ0v) is 9.73. The van der Waals surface area contributed by atoms with E-state index < -0.39 is 5.97 Å². The van der Waals surface area contributed by atoms with E-state index in [0.29, 0.717) is 5.69 Å². The van der Waals surface area contributed by atoms with Gasteiger partial charge in [-0.25, -0.2) is 4.79 Å². The van der Waals surface area contributed by atoms with Crippen LogP contribution in [-0.2, 0) is 4.74 Å². The van der Waals surface area contributed by atoms with Crippen molar-refractivity contribution in [2.24, 2.45) is 0 Å². The van der Waals surface area contributed by atoms with Crippen molar-refractivity contribution >= 4 is 11.7 Å². The van der Waals surface area contributed by atoms with Crippen molar-refractivity contribution in [2.75, 3.05) is 12.4 Å². The van der Waals surface area contributed by atoms with E-state index >= 15 is 0 Å². The number of carbonyl (C=O) groups is 1. The summed E-state index contributed by atoms with van der Waals surface area (Å²) in [4.78, 5) is 11.0. The molecule has 4 nitrogen and oxygen atoms in total. The lowest BCUT2D eigenvalue weighted by Crippen LogP contribution is -2.30. The number of nitrogens with one attached hydrogen (secondary N) is 1. The number of para-hydroxylation sites is 1. The lowest BCUT2D eigenvalue weighted by Gasteiger charge is -2.21. The smallest absolute Gasteiger partial charge is 0.337 e. The van der Waals surface area contributed by atoms with Crippen molar-refractivity contribution in [3.63, 3.8) is 0 Å². The highest BCUT2D eigenvalue weighted by molar-refractivity contribution is 5.94. The molecule has 1 aromatic rings. The molecule has 0 aromatic heterocycles. The quantitative estimate of drug-likeness (QED) is 0.803. The van der Waals surface area contributed by atoms with Crippen LogP contribution in [0.5, 0.6) is 0 Å². The molecule has 0 bridgehead atoms. The molecule has 0 fully saturated rings. The first-order chi connectivity index (χ1) is 7.56. The Morgan fingerprint density at radius 3 is 2.56 bits per heavy atom. The summed E-state index contributed by atoms with van der Waals surface area (Å²) in [5.41, 5.74) is 0.893. The number of ether oxygens (including phenoxy) is 1. The third-order valence-electron chi connectivity index (χ3n) is 2.62. The van der Waals surface area contributed by atoms with E-state index in [2.05, 4.69) is 5.32 Å². The molecule has 0 saturated carbocycles. The molecule has 16 heavy (non-hydrogen) atoms. The van der Waals surface area contributed by atoms with Crippen molar-refractivity contribution in [3.05, 3.63) is 29.8 Å². The topological polar surface area (TPSA) is 58.6 Å². The van der Waals surface area contributed by atoms with Crippen LogP contribution in [-0.4, -0.2) is 30.3 Å². The monoisotopic (exact) mass is 223 g/mol. The van der Waals surface area contributed by atoms with Crippen LogP contribution >= 0.6 is 0 Å². The van der Waals surface area contributed by atoms with Gasteiger partial charge in [-0.3, -0.25) is 0 Å². The second kappa shape index (κ2) is 5.51. The van der Waals surface area contributed by atoms with Crippen molar-refractivity contribution in [1.29, 1.82) is 0 Å². The summed E-state index contributed by atoms with van der Waals surface area (Å²) in [6, 6.07) is 6.89. The number of benzene rings is 1. The van der Waals surface area contributed by atoms with Crippen LogP contribution in [0.4, 0.5) is 5.69 Å². The lowest BCUT2D eigenvalue weighted by atomic mass is 10.1. The highest BCUT2D eigenvalue weighted by atomic mass is 16.5. The minimum Gasteiger partial charge on any atom is -0.478 e. The number of methoxy groups -OCH3 is 1. The average Bonchev–Trinajstić information content (AvgIpc) is 2.28. The van der Waals surface area contributed by atoms with E-state index in [0.717, 1.165) is 0 Å². The van der Waals surface area contributed by atoms with Gasteiger partial charge in [-0.1, -0.05) is 12.1 Å². The number of aromatic carboxylic acids is 1. The Bertz CT molecular complexity index is 365. The Morgan fingerprint density at radius 2 is 2.00 bits per heavy atom. The minimum absolute atomic E-state index is 0.0156. The molecular weight excluding hydrogens is 206 g/mol. The molecule has 2 N–H and O–H groups in total. The Labute approximate surface area is 95.2 Å². The van der Waals surface area contributed by atoms with Gasteiger partial charge in [0, 0.05) is 18.8 Å². The SMILES string of the molecule is COC(C)C(C)Nc1ccccc1C(=O)O. The average molecular weight is 223 g/mol. The standard InChI is InChI=1S/C12H17NO3/c1-8(9(2)16-3)13-11-7-5-4-6-10(11)12(14)15/h4-9,13H,1-3H3,(H,14,15). The van der Waals surface area contributed by atoms with Crippen molar-refractivity contribution < 1.29 is 14.6 Å². The lowest BCUT2D eigenvalue weighted by molar-refractivity contribution is 0.0697. The Hall–Kier alpha value is -1.55. The summed E-state index contributed by atoms with van der Waals surface area (Å²) in [6.07, 6.45) is 0.0156. The van der Waals surface area contributed by atoms with Gasteiger partial charge in [-0.15, -0.1) is 0 Å². The van der Waals surface area contributed by atoms with Crippen molar-refractivity contribution in [2.45, 2.75) is 26.0 Å². The predicted molar refractivity (Wildman–Crippen MR) is 63.0 cm³/mol. The van der Waals surface area contributed by atoms with Crippen LogP contribution in [0.2, 0.25) is 0 Å². The molecule has 88 valence electrons. The molecule has 4 heteroatoms. The van der Waals surface area contributed by atoms with Gasteiger partial charge in [0.25, 0.3) is 0 Å². The van der Waals surface area contributed by atoms with Crippen molar-refractivity contribution in [3.8, 4) is 0 Å². The van der Waals surface area contributed by atoms with Crippen LogP contribution in [0, 0.1) is 0 Å². The molecule has 2 unspecified atom stereocenters. The summed E-state index contributed by atoms with van der Waals surface area (Å²) in [5.74, 6) is -0.930. The van der Waals surface area contributed by atoms with E-state index in [1.165, 1.54) is 0 Å². The third-order valence-corrected chi connectivity index (χ3v) is 2.62. The number of carboxylic acids is 1. The van der Waals surface area contributed by atoms with Gasteiger partial charge >= 0.3 is 5.97 Å². The maximum atomic E-state index is 11.0. The first-order valence-corrected chi connectivity index (χ1v) is 5.18. The van der Waals surface area contributed by atoms with Gasteiger partial charge in [0.1, 0.15) is 0 Å². The number of carboxylic acid groups (broad SMARTS) is 1. The van der Waals surface area contributed by atoms with E-state index in [1.54, 1.807) is 31.4 Å². The van der Waals surface area contributed by atoms with E-state index in [1.807, 2.05) is 13.8 Å². The molecule has 0 heterocycles. The Kier molecular flexibility index (Phi) is 4.31. The molecule has 0 aliphatic carbocycles. The first kappa shape index (κ1) is 12.5. The van der Waals surface area contributed by atoms with Gasteiger partial charge in [-0.2, -0.15) is 0 Å². The largest absolute Gasteiger partial charge is 0.478 e. The molecule has 1 rings (SSSR count). The maximum Gasteiger partial charge on any atom is 0.337 e. The number of hydrogen-bond acceptors (Lipinski definition) is 3. The van der Waals surface area contributed by atoms with Gasteiger partial charge < -0.3 is 15.2 Å². The molecule has 0 spiro atoms. The molecule has 0 radical (unpaired) electrons. The zero-order valence-electron chi connectivity index (χ0n) is 9.73. The molecule has 0 aliphatic rings. The normalized spacial score (nSPS) is 14.2.